The van der Waals surface area contributed by atoms with Crippen molar-refractivity contribution < 1.29 is 22.1 Å². The highest BCUT2D eigenvalue weighted by Gasteiger charge is 2.15. The average molecular weight is 380 g/mol. The molecule has 0 aliphatic rings. The first-order chi connectivity index (χ1) is 11.9. The summed E-state index contributed by atoms with van der Waals surface area (Å²) in [4.78, 5) is 0. The van der Waals surface area contributed by atoms with E-state index in [2.05, 4.69) is 4.57 Å². The normalized spacial score (nSPS) is 11.8. The Morgan fingerprint density at radius 3 is 2.60 bits per heavy atom. The topological polar surface area (TPSA) is 47.3 Å². The first kappa shape index (κ1) is 17.8. The molecular weight excluding hydrogens is 361 g/mol. The summed E-state index contributed by atoms with van der Waals surface area (Å²) in [6, 6.07) is 10.3. The summed E-state index contributed by atoms with van der Waals surface area (Å²) in [6.45, 7) is 1.39. The molecular formula is C18H19FNO3S2+. The van der Waals surface area contributed by atoms with E-state index in [1.807, 2.05) is 30.6 Å². The lowest BCUT2D eigenvalue weighted by Gasteiger charge is -2.06. The zero-order valence-corrected chi connectivity index (χ0v) is 15.4. The van der Waals surface area contributed by atoms with E-state index in [0.29, 0.717) is 22.4 Å². The predicted molar refractivity (Wildman–Crippen MR) is 96.3 cm³/mol. The number of fused-ring (bicyclic) bond motifs is 1. The zero-order chi connectivity index (χ0) is 17.9. The molecule has 0 spiro atoms. The maximum Gasteiger partial charge on any atom is 0.184 e. The van der Waals surface area contributed by atoms with E-state index in [0.717, 1.165) is 37.0 Å². The second kappa shape index (κ2) is 7.49. The van der Waals surface area contributed by atoms with Gasteiger partial charge in [0.05, 0.1) is 6.61 Å². The van der Waals surface area contributed by atoms with Crippen LogP contribution in [0.4, 0.5) is 4.39 Å². The molecule has 0 saturated heterocycles. The first-order valence-electron chi connectivity index (χ1n) is 7.93. The van der Waals surface area contributed by atoms with Crippen molar-refractivity contribution in [2.75, 3.05) is 12.9 Å². The number of benzene rings is 1. The van der Waals surface area contributed by atoms with Gasteiger partial charge in [-0.2, -0.15) is 0 Å². The van der Waals surface area contributed by atoms with Crippen molar-refractivity contribution in [3.63, 3.8) is 0 Å². The van der Waals surface area contributed by atoms with Gasteiger partial charge in [-0.1, -0.05) is 6.07 Å². The number of halogens is 1. The van der Waals surface area contributed by atoms with Gasteiger partial charge < -0.3 is 4.74 Å². The summed E-state index contributed by atoms with van der Waals surface area (Å²) in [5, 5.41) is 0.318. The van der Waals surface area contributed by atoms with Crippen LogP contribution >= 0.6 is 11.3 Å². The van der Waals surface area contributed by atoms with Crippen LogP contribution in [0.5, 0.6) is 5.75 Å². The minimum Gasteiger partial charge on any atom is -0.493 e. The van der Waals surface area contributed by atoms with Crippen molar-refractivity contribution in [2.45, 2.75) is 23.6 Å². The molecule has 0 N–H and O–H groups in total. The predicted octanol–water partition coefficient (Wildman–Crippen LogP) is 3.59. The Morgan fingerprint density at radius 1 is 1.12 bits per heavy atom. The van der Waals surface area contributed by atoms with Crippen molar-refractivity contribution >= 4 is 31.3 Å². The van der Waals surface area contributed by atoms with Gasteiger partial charge in [-0.15, -0.1) is 11.3 Å². The molecule has 25 heavy (non-hydrogen) atoms. The van der Waals surface area contributed by atoms with Crippen molar-refractivity contribution in [3.8, 4) is 5.75 Å². The molecule has 0 unspecified atom stereocenters. The van der Waals surface area contributed by atoms with Crippen LogP contribution in [0.3, 0.4) is 0 Å². The van der Waals surface area contributed by atoms with Gasteiger partial charge in [0, 0.05) is 41.0 Å². The fourth-order valence-corrected chi connectivity index (χ4v) is 4.53. The lowest BCUT2D eigenvalue weighted by molar-refractivity contribution is -0.697. The number of thiophene rings is 1. The Bertz CT molecular complexity index is 969. The number of aromatic nitrogens is 1. The van der Waals surface area contributed by atoms with E-state index < -0.39 is 15.7 Å². The Kier molecular flexibility index (Phi) is 5.34. The van der Waals surface area contributed by atoms with Crippen LogP contribution in [0.2, 0.25) is 0 Å². The molecule has 1 aromatic carbocycles. The smallest absolute Gasteiger partial charge is 0.184 e. The van der Waals surface area contributed by atoms with Crippen LogP contribution in [0.1, 0.15) is 12.8 Å². The van der Waals surface area contributed by atoms with Gasteiger partial charge in [-0.3, -0.25) is 0 Å². The van der Waals surface area contributed by atoms with Crippen molar-refractivity contribution in [1.82, 2.24) is 0 Å². The summed E-state index contributed by atoms with van der Waals surface area (Å²) in [6.07, 6.45) is 6.95. The molecule has 2 heterocycles. The number of hydrogen-bond donors (Lipinski definition) is 0. The monoisotopic (exact) mass is 380 g/mol. The summed E-state index contributed by atoms with van der Waals surface area (Å²) in [7, 11) is -3.34. The maximum atomic E-state index is 14.2. The molecule has 0 radical (unpaired) electrons. The number of unbranched alkanes of at least 4 members (excludes halogenated alkanes) is 1. The van der Waals surface area contributed by atoms with E-state index in [1.165, 1.54) is 12.1 Å². The fraction of sp³-hybridized carbons (Fsp3) is 0.278. The molecule has 132 valence electrons. The van der Waals surface area contributed by atoms with Gasteiger partial charge in [-0.05, 0) is 18.6 Å². The van der Waals surface area contributed by atoms with Crippen LogP contribution in [0.15, 0.2) is 53.0 Å². The highest BCUT2D eigenvalue weighted by atomic mass is 32.2. The van der Waals surface area contributed by atoms with Crippen LogP contribution < -0.4 is 9.30 Å². The number of ether oxygens (including phenoxy) is 1. The van der Waals surface area contributed by atoms with Crippen LogP contribution in [0, 0.1) is 5.82 Å². The molecule has 7 heteroatoms. The molecule has 0 saturated carbocycles. The van der Waals surface area contributed by atoms with E-state index in [9.17, 15) is 12.8 Å². The van der Waals surface area contributed by atoms with Crippen LogP contribution in [-0.2, 0) is 16.4 Å². The van der Waals surface area contributed by atoms with E-state index in [1.54, 1.807) is 6.07 Å². The number of rotatable bonds is 7. The van der Waals surface area contributed by atoms with Gasteiger partial charge in [0.15, 0.2) is 22.2 Å². The highest BCUT2D eigenvalue weighted by molar-refractivity contribution is 7.92. The molecule has 0 bridgehead atoms. The summed E-state index contributed by atoms with van der Waals surface area (Å²) in [5.74, 6) is -0.0299. The van der Waals surface area contributed by atoms with E-state index in [-0.39, 0.29) is 4.21 Å². The number of aryl methyl sites for hydroxylation is 1. The van der Waals surface area contributed by atoms with Crippen LogP contribution in [0.25, 0.3) is 10.1 Å². The minimum absolute atomic E-state index is 0.165. The summed E-state index contributed by atoms with van der Waals surface area (Å²) in [5.41, 5.74) is 0. The van der Waals surface area contributed by atoms with Crippen molar-refractivity contribution in [1.29, 1.82) is 0 Å². The van der Waals surface area contributed by atoms with Crippen molar-refractivity contribution in [3.05, 3.63) is 54.6 Å². The molecule has 0 amide bonds. The Balaban J connectivity index is 1.60. The molecule has 0 aliphatic carbocycles. The molecule has 0 fully saturated rings. The number of nitrogens with zero attached hydrogens (tertiary/aromatic N) is 1. The molecule has 3 aromatic rings. The molecule has 4 nitrogen and oxygen atoms in total. The maximum absolute atomic E-state index is 14.2. The third kappa shape index (κ3) is 4.55. The Hall–Kier alpha value is -1.99. The number of pyridine rings is 1. The van der Waals surface area contributed by atoms with Crippen LogP contribution in [-0.4, -0.2) is 21.3 Å². The largest absolute Gasteiger partial charge is 0.493 e. The minimum atomic E-state index is -3.34. The SMILES string of the molecule is CS(=O)(=O)c1cc2c(F)cc(OCCCC[n+]3ccccc3)cc2s1. The quantitative estimate of drug-likeness (QED) is 0.465. The average Bonchev–Trinajstić information content (AvgIpc) is 3.01. The van der Waals surface area contributed by atoms with E-state index in [4.69, 9.17) is 4.74 Å². The fourth-order valence-electron chi connectivity index (χ4n) is 2.49. The Labute approximate surface area is 150 Å². The second-order valence-electron chi connectivity index (χ2n) is 5.82. The first-order valence-corrected chi connectivity index (χ1v) is 10.6. The van der Waals surface area contributed by atoms with Gasteiger partial charge >= 0.3 is 0 Å². The lowest BCUT2D eigenvalue weighted by Crippen LogP contribution is -2.32. The second-order valence-corrected chi connectivity index (χ2v) is 9.15. The van der Waals surface area contributed by atoms with Gasteiger partial charge in [0.25, 0.3) is 0 Å². The summed E-state index contributed by atoms with van der Waals surface area (Å²) < 4.78 is 45.9. The number of sulfone groups is 1. The third-order valence-corrected chi connectivity index (χ3v) is 6.64. The molecule has 2 aromatic heterocycles. The van der Waals surface area contributed by atoms with Gasteiger partial charge in [-0.25, -0.2) is 17.4 Å². The molecule has 0 aliphatic heterocycles. The summed E-state index contributed by atoms with van der Waals surface area (Å²) >= 11 is 1.06. The Morgan fingerprint density at radius 2 is 1.88 bits per heavy atom. The van der Waals surface area contributed by atoms with Gasteiger partial charge in [0.2, 0.25) is 0 Å². The zero-order valence-electron chi connectivity index (χ0n) is 13.8. The lowest BCUT2D eigenvalue weighted by atomic mass is 10.2. The number of hydrogen-bond acceptors (Lipinski definition) is 4. The standard InChI is InChI=1S/C18H19FNO3S2/c1-25(21,22)18-13-15-16(19)11-14(12-17(15)24-18)23-10-6-5-9-20-7-3-2-4-8-20/h2-4,7-8,11-13H,5-6,9-10H2,1H3/q+1. The van der Waals surface area contributed by atoms with Crippen molar-refractivity contribution in [2.24, 2.45) is 0 Å². The third-order valence-electron chi connectivity index (χ3n) is 3.76. The van der Waals surface area contributed by atoms with E-state index >= 15 is 0 Å². The van der Waals surface area contributed by atoms with Gasteiger partial charge in [0.1, 0.15) is 22.3 Å². The highest BCUT2D eigenvalue weighted by Crippen LogP contribution is 2.33. The molecule has 3 rings (SSSR count). The molecule has 0 atom stereocenters.